The molecule has 82 valence electrons. The predicted octanol–water partition coefficient (Wildman–Crippen LogP) is 1.24. The third kappa shape index (κ3) is 5.25. The highest BCUT2D eigenvalue weighted by molar-refractivity contribution is 5.87. The van der Waals surface area contributed by atoms with Crippen LogP contribution in [-0.2, 0) is 4.79 Å². The molecule has 0 unspecified atom stereocenters. The summed E-state index contributed by atoms with van der Waals surface area (Å²) in [6, 6.07) is 0.371. The third-order valence-electron chi connectivity index (χ3n) is 2.19. The van der Waals surface area contributed by atoms with Gasteiger partial charge in [-0.1, -0.05) is 13.0 Å². The van der Waals surface area contributed by atoms with E-state index in [4.69, 9.17) is 0 Å². The molecule has 1 rings (SSSR count). The van der Waals surface area contributed by atoms with Crippen molar-refractivity contribution in [2.45, 2.75) is 32.2 Å². The van der Waals surface area contributed by atoms with Crippen LogP contribution >= 0.6 is 12.4 Å². The van der Waals surface area contributed by atoms with Crippen molar-refractivity contribution < 1.29 is 4.79 Å². The molecule has 1 fully saturated rings. The van der Waals surface area contributed by atoms with Crippen molar-refractivity contribution in [2.24, 2.45) is 0 Å². The monoisotopic (exact) mass is 218 g/mol. The Labute approximate surface area is 91.7 Å². The first-order valence-electron chi connectivity index (χ1n) is 5.00. The summed E-state index contributed by atoms with van der Waals surface area (Å²) < 4.78 is 0. The topological polar surface area (TPSA) is 41.1 Å². The molecule has 1 aliphatic rings. The summed E-state index contributed by atoms with van der Waals surface area (Å²) >= 11 is 0. The van der Waals surface area contributed by atoms with Crippen LogP contribution in [0.5, 0.6) is 0 Å². The van der Waals surface area contributed by atoms with Gasteiger partial charge in [-0.3, -0.25) is 4.79 Å². The fraction of sp³-hybridized carbons (Fsp3) is 0.700. The van der Waals surface area contributed by atoms with E-state index in [0.717, 1.165) is 32.4 Å². The molecule has 0 aromatic heterocycles. The van der Waals surface area contributed by atoms with Crippen molar-refractivity contribution in [3.05, 3.63) is 12.2 Å². The summed E-state index contributed by atoms with van der Waals surface area (Å²) in [6.45, 7) is 4.05. The second-order valence-electron chi connectivity index (χ2n) is 3.34. The van der Waals surface area contributed by atoms with Crippen LogP contribution in [0.2, 0.25) is 0 Å². The summed E-state index contributed by atoms with van der Waals surface area (Å²) in [4.78, 5) is 11.3. The minimum Gasteiger partial charge on any atom is -0.350 e. The number of carbonyl (C=O) groups is 1. The number of halogens is 1. The lowest BCUT2D eigenvalue weighted by Gasteiger charge is -2.22. The van der Waals surface area contributed by atoms with E-state index < -0.39 is 0 Å². The van der Waals surface area contributed by atoms with E-state index in [9.17, 15) is 4.79 Å². The van der Waals surface area contributed by atoms with Gasteiger partial charge in [0, 0.05) is 6.04 Å². The maximum absolute atomic E-state index is 11.3. The second kappa shape index (κ2) is 7.83. The van der Waals surface area contributed by atoms with Gasteiger partial charge in [0.25, 0.3) is 0 Å². The number of rotatable bonds is 3. The van der Waals surface area contributed by atoms with E-state index in [-0.39, 0.29) is 18.3 Å². The standard InChI is InChI=1S/C10H18N2O.ClH/c1-2-3-4-10(13)12-9-5-7-11-8-6-9;/h3-4,9,11H,2,5-8H2,1H3,(H,12,13);1H/b4-3+;. The fourth-order valence-electron chi connectivity index (χ4n) is 1.44. The highest BCUT2D eigenvalue weighted by Gasteiger charge is 2.13. The van der Waals surface area contributed by atoms with Crippen LogP contribution in [0.25, 0.3) is 0 Å². The Hall–Kier alpha value is -0.540. The van der Waals surface area contributed by atoms with Gasteiger partial charge in [-0.2, -0.15) is 0 Å². The number of hydrogen-bond donors (Lipinski definition) is 2. The number of hydrogen-bond acceptors (Lipinski definition) is 2. The molecule has 1 saturated heterocycles. The number of nitrogens with one attached hydrogen (secondary N) is 2. The van der Waals surface area contributed by atoms with Crippen LogP contribution in [0.4, 0.5) is 0 Å². The number of piperidine rings is 1. The molecule has 0 aromatic carbocycles. The van der Waals surface area contributed by atoms with Crippen LogP contribution < -0.4 is 10.6 Å². The molecule has 0 bridgehead atoms. The van der Waals surface area contributed by atoms with Crippen molar-refractivity contribution in [3.63, 3.8) is 0 Å². The van der Waals surface area contributed by atoms with Crippen molar-refractivity contribution in [1.29, 1.82) is 0 Å². The van der Waals surface area contributed by atoms with E-state index in [0.29, 0.717) is 6.04 Å². The molecule has 0 atom stereocenters. The van der Waals surface area contributed by atoms with Gasteiger partial charge in [-0.15, -0.1) is 12.4 Å². The normalized spacial score (nSPS) is 17.8. The Bertz CT molecular complexity index is 189. The zero-order valence-corrected chi connectivity index (χ0v) is 9.40. The lowest BCUT2D eigenvalue weighted by molar-refractivity contribution is -0.117. The molecule has 1 amide bonds. The molecule has 14 heavy (non-hydrogen) atoms. The van der Waals surface area contributed by atoms with Crippen molar-refractivity contribution >= 4 is 18.3 Å². The Morgan fingerprint density at radius 3 is 2.71 bits per heavy atom. The van der Waals surface area contributed by atoms with Crippen LogP contribution in [0.15, 0.2) is 12.2 Å². The van der Waals surface area contributed by atoms with Crippen molar-refractivity contribution in [3.8, 4) is 0 Å². The van der Waals surface area contributed by atoms with Gasteiger partial charge in [0.1, 0.15) is 0 Å². The number of carbonyl (C=O) groups excluding carboxylic acids is 1. The summed E-state index contributed by atoms with van der Waals surface area (Å²) in [7, 11) is 0. The summed E-state index contributed by atoms with van der Waals surface area (Å²) in [6.07, 6.45) is 6.52. The fourth-order valence-corrected chi connectivity index (χ4v) is 1.44. The zero-order valence-electron chi connectivity index (χ0n) is 8.58. The molecule has 0 spiro atoms. The van der Waals surface area contributed by atoms with Crippen molar-refractivity contribution in [2.75, 3.05) is 13.1 Å². The molecular formula is C10H19ClN2O. The maximum atomic E-state index is 11.3. The quantitative estimate of drug-likeness (QED) is 0.700. The van der Waals surface area contributed by atoms with Crippen LogP contribution in [0.3, 0.4) is 0 Å². The molecule has 0 radical (unpaired) electrons. The largest absolute Gasteiger partial charge is 0.350 e. The summed E-state index contributed by atoms with van der Waals surface area (Å²) in [5, 5.41) is 6.25. The first-order chi connectivity index (χ1) is 6.33. The van der Waals surface area contributed by atoms with E-state index in [1.165, 1.54) is 0 Å². The Kier molecular flexibility index (Phi) is 7.52. The molecule has 1 aliphatic heterocycles. The zero-order chi connectivity index (χ0) is 9.52. The van der Waals surface area contributed by atoms with Crippen LogP contribution in [0, 0.1) is 0 Å². The van der Waals surface area contributed by atoms with Gasteiger partial charge >= 0.3 is 0 Å². The Morgan fingerprint density at radius 1 is 1.50 bits per heavy atom. The molecule has 2 N–H and O–H groups in total. The molecular weight excluding hydrogens is 200 g/mol. The highest BCUT2D eigenvalue weighted by atomic mass is 35.5. The number of amides is 1. The first-order valence-corrected chi connectivity index (χ1v) is 5.00. The van der Waals surface area contributed by atoms with Crippen LogP contribution in [-0.4, -0.2) is 25.0 Å². The predicted molar refractivity (Wildman–Crippen MR) is 60.7 cm³/mol. The second-order valence-corrected chi connectivity index (χ2v) is 3.34. The van der Waals surface area contributed by atoms with Gasteiger partial charge in [-0.05, 0) is 38.4 Å². The molecule has 0 aromatic rings. The lowest BCUT2D eigenvalue weighted by atomic mass is 10.1. The van der Waals surface area contributed by atoms with Crippen molar-refractivity contribution in [1.82, 2.24) is 10.6 Å². The first kappa shape index (κ1) is 13.5. The van der Waals surface area contributed by atoms with E-state index in [2.05, 4.69) is 10.6 Å². The molecule has 0 aliphatic carbocycles. The molecule has 4 heteroatoms. The average molecular weight is 219 g/mol. The Balaban J connectivity index is 0.00000169. The van der Waals surface area contributed by atoms with Gasteiger partial charge in [0.05, 0.1) is 0 Å². The highest BCUT2D eigenvalue weighted by Crippen LogP contribution is 2.01. The van der Waals surface area contributed by atoms with Gasteiger partial charge in [0.15, 0.2) is 0 Å². The van der Waals surface area contributed by atoms with Gasteiger partial charge < -0.3 is 10.6 Å². The average Bonchev–Trinajstić information content (AvgIpc) is 2.16. The molecule has 3 nitrogen and oxygen atoms in total. The van der Waals surface area contributed by atoms with E-state index in [1.807, 2.05) is 13.0 Å². The lowest BCUT2D eigenvalue weighted by Crippen LogP contribution is -2.42. The van der Waals surface area contributed by atoms with E-state index in [1.54, 1.807) is 6.08 Å². The maximum Gasteiger partial charge on any atom is 0.243 e. The smallest absolute Gasteiger partial charge is 0.243 e. The molecule has 1 heterocycles. The molecule has 0 saturated carbocycles. The summed E-state index contributed by atoms with van der Waals surface area (Å²) in [5.41, 5.74) is 0. The number of allylic oxidation sites excluding steroid dienone is 1. The minimum atomic E-state index is 0. The van der Waals surface area contributed by atoms with Gasteiger partial charge in [0.2, 0.25) is 5.91 Å². The SMILES string of the molecule is CC/C=C/C(=O)NC1CCNCC1.Cl. The van der Waals surface area contributed by atoms with E-state index >= 15 is 0 Å². The summed E-state index contributed by atoms with van der Waals surface area (Å²) in [5.74, 6) is 0.0498. The minimum absolute atomic E-state index is 0. The van der Waals surface area contributed by atoms with Gasteiger partial charge in [-0.25, -0.2) is 0 Å². The van der Waals surface area contributed by atoms with Crippen LogP contribution in [0.1, 0.15) is 26.2 Å². The third-order valence-corrected chi connectivity index (χ3v) is 2.19. The Morgan fingerprint density at radius 2 is 2.14 bits per heavy atom.